The fraction of sp³-hybridized carbons (Fsp3) is 0.500. The van der Waals surface area contributed by atoms with Gasteiger partial charge in [0.15, 0.2) is 0 Å². The highest BCUT2D eigenvalue weighted by Gasteiger charge is 2.25. The molecule has 0 aliphatic carbocycles. The minimum absolute atomic E-state index is 0.0345. The zero-order valence-electron chi connectivity index (χ0n) is 11.3. The fourth-order valence-electron chi connectivity index (χ4n) is 1.91. The number of nitrogens with two attached hydrogens (primary N) is 1. The van der Waals surface area contributed by atoms with Gasteiger partial charge >= 0.3 is 0 Å². The van der Waals surface area contributed by atoms with E-state index in [0.29, 0.717) is 6.54 Å². The van der Waals surface area contributed by atoms with Crippen LogP contribution < -0.4 is 5.73 Å². The average molecular weight is 245 g/mol. The second-order valence-corrected chi connectivity index (χ2v) is 5.11. The Labute approximate surface area is 110 Å². The first-order chi connectivity index (χ1) is 8.49. The SMILES string of the molecule is C#CC(C)(O)C(C)Cc1cccc(CCCN)c1. The van der Waals surface area contributed by atoms with Crippen molar-refractivity contribution in [2.24, 2.45) is 11.7 Å². The Kier molecular flexibility index (Phi) is 5.40. The first kappa shape index (κ1) is 14.8. The summed E-state index contributed by atoms with van der Waals surface area (Å²) in [5, 5.41) is 10.0. The molecule has 1 aromatic rings. The van der Waals surface area contributed by atoms with Crippen molar-refractivity contribution < 1.29 is 5.11 Å². The topological polar surface area (TPSA) is 46.2 Å². The van der Waals surface area contributed by atoms with Crippen LogP contribution in [0.15, 0.2) is 24.3 Å². The lowest BCUT2D eigenvalue weighted by Gasteiger charge is -2.24. The van der Waals surface area contributed by atoms with Crippen LogP contribution in [-0.4, -0.2) is 17.3 Å². The van der Waals surface area contributed by atoms with Crippen molar-refractivity contribution in [3.8, 4) is 12.3 Å². The van der Waals surface area contributed by atoms with E-state index in [2.05, 4.69) is 30.2 Å². The molecule has 0 saturated carbocycles. The van der Waals surface area contributed by atoms with Crippen LogP contribution >= 0.6 is 0 Å². The van der Waals surface area contributed by atoms with Gasteiger partial charge in [0.1, 0.15) is 5.60 Å². The van der Waals surface area contributed by atoms with Gasteiger partial charge in [-0.1, -0.05) is 37.1 Å². The third-order valence-corrected chi connectivity index (χ3v) is 3.45. The molecule has 0 saturated heterocycles. The van der Waals surface area contributed by atoms with E-state index in [9.17, 15) is 5.11 Å². The lowest BCUT2D eigenvalue weighted by Crippen LogP contribution is -2.32. The maximum Gasteiger partial charge on any atom is 0.125 e. The predicted molar refractivity (Wildman–Crippen MR) is 76.1 cm³/mol. The molecule has 18 heavy (non-hydrogen) atoms. The van der Waals surface area contributed by atoms with Gasteiger partial charge in [0.05, 0.1) is 0 Å². The Morgan fingerprint density at radius 1 is 1.44 bits per heavy atom. The van der Waals surface area contributed by atoms with Gasteiger partial charge in [0.25, 0.3) is 0 Å². The summed E-state index contributed by atoms with van der Waals surface area (Å²) in [4.78, 5) is 0. The summed E-state index contributed by atoms with van der Waals surface area (Å²) < 4.78 is 0. The Balaban J connectivity index is 2.71. The summed E-state index contributed by atoms with van der Waals surface area (Å²) in [6, 6.07) is 8.43. The molecule has 0 radical (unpaired) electrons. The smallest absolute Gasteiger partial charge is 0.125 e. The maximum absolute atomic E-state index is 10.0. The van der Waals surface area contributed by atoms with E-state index in [1.54, 1.807) is 6.92 Å². The molecular formula is C16H23NO. The zero-order chi connectivity index (χ0) is 13.6. The predicted octanol–water partition coefficient (Wildman–Crippen LogP) is 2.14. The molecule has 0 aromatic heterocycles. The molecule has 0 aliphatic heterocycles. The second kappa shape index (κ2) is 6.58. The minimum Gasteiger partial charge on any atom is -0.378 e. The number of rotatable bonds is 6. The molecule has 0 aliphatic rings. The van der Waals surface area contributed by atoms with Crippen LogP contribution in [0.2, 0.25) is 0 Å². The van der Waals surface area contributed by atoms with Crippen molar-refractivity contribution in [1.82, 2.24) is 0 Å². The van der Waals surface area contributed by atoms with Crippen molar-refractivity contribution in [2.45, 2.75) is 38.7 Å². The van der Waals surface area contributed by atoms with Crippen LogP contribution in [0, 0.1) is 18.3 Å². The van der Waals surface area contributed by atoms with Gasteiger partial charge < -0.3 is 10.8 Å². The highest BCUT2D eigenvalue weighted by Crippen LogP contribution is 2.21. The minimum atomic E-state index is -1.05. The molecule has 0 heterocycles. The Bertz CT molecular complexity index is 417. The molecule has 0 amide bonds. The summed E-state index contributed by atoms with van der Waals surface area (Å²) >= 11 is 0. The molecule has 2 heteroatoms. The Morgan fingerprint density at radius 2 is 2.11 bits per heavy atom. The number of terminal acetylenes is 1. The molecule has 1 aromatic carbocycles. The van der Waals surface area contributed by atoms with Gasteiger partial charge in [0.2, 0.25) is 0 Å². The van der Waals surface area contributed by atoms with Gasteiger partial charge in [-0.2, -0.15) is 0 Å². The van der Waals surface area contributed by atoms with Gasteiger partial charge in [-0.05, 0) is 49.8 Å². The standard InChI is InChI=1S/C16H23NO/c1-4-16(3,18)13(2)11-15-8-5-7-14(12-15)9-6-10-17/h1,5,7-8,12-13,18H,6,9-11,17H2,2-3H3. The summed E-state index contributed by atoms with van der Waals surface area (Å²) in [6.07, 6.45) is 8.13. The Hall–Kier alpha value is -1.30. The zero-order valence-corrected chi connectivity index (χ0v) is 11.3. The molecule has 98 valence electrons. The van der Waals surface area contributed by atoms with Gasteiger partial charge in [0, 0.05) is 0 Å². The Morgan fingerprint density at radius 3 is 2.72 bits per heavy atom. The van der Waals surface area contributed by atoms with E-state index in [1.807, 2.05) is 6.92 Å². The lowest BCUT2D eigenvalue weighted by atomic mass is 9.86. The normalized spacial score (nSPS) is 15.7. The van der Waals surface area contributed by atoms with Crippen LogP contribution in [0.25, 0.3) is 0 Å². The number of aryl methyl sites for hydroxylation is 1. The number of aliphatic hydroxyl groups is 1. The van der Waals surface area contributed by atoms with Gasteiger partial charge in [-0.15, -0.1) is 6.42 Å². The van der Waals surface area contributed by atoms with Crippen LogP contribution in [0.4, 0.5) is 0 Å². The molecule has 0 bridgehead atoms. The van der Waals surface area contributed by atoms with E-state index in [1.165, 1.54) is 11.1 Å². The molecule has 2 unspecified atom stereocenters. The van der Waals surface area contributed by atoms with Crippen LogP contribution in [0.1, 0.15) is 31.4 Å². The molecule has 0 spiro atoms. The van der Waals surface area contributed by atoms with Crippen molar-refractivity contribution in [2.75, 3.05) is 6.54 Å². The van der Waals surface area contributed by atoms with Crippen molar-refractivity contribution in [3.05, 3.63) is 35.4 Å². The second-order valence-electron chi connectivity index (χ2n) is 5.11. The molecule has 1 rings (SSSR count). The summed E-state index contributed by atoms with van der Waals surface area (Å²) in [7, 11) is 0. The van der Waals surface area contributed by atoms with E-state index >= 15 is 0 Å². The molecular weight excluding hydrogens is 222 g/mol. The summed E-state index contributed by atoms with van der Waals surface area (Å²) in [6.45, 7) is 4.38. The maximum atomic E-state index is 10.0. The number of hydrogen-bond acceptors (Lipinski definition) is 2. The highest BCUT2D eigenvalue weighted by atomic mass is 16.3. The third-order valence-electron chi connectivity index (χ3n) is 3.45. The molecule has 3 N–H and O–H groups in total. The first-order valence-electron chi connectivity index (χ1n) is 6.47. The van der Waals surface area contributed by atoms with Crippen molar-refractivity contribution in [1.29, 1.82) is 0 Å². The van der Waals surface area contributed by atoms with Crippen molar-refractivity contribution >= 4 is 0 Å². The van der Waals surface area contributed by atoms with Crippen LogP contribution in [-0.2, 0) is 12.8 Å². The lowest BCUT2D eigenvalue weighted by molar-refractivity contribution is 0.0645. The third kappa shape index (κ3) is 4.18. The van der Waals surface area contributed by atoms with Gasteiger partial charge in [-0.3, -0.25) is 0 Å². The molecule has 2 nitrogen and oxygen atoms in total. The first-order valence-corrected chi connectivity index (χ1v) is 6.47. The van der Waals surface area contributed by atoms with E-state index in [4.69, 9.17) is 12.2 Å². The quantitative estimate of drug-likeness (QED) is 0.754. The number of hydrogen-bond donors (Lipinski definition) is 2. The average Bonchev–Trinajstić information content (AvgIpc) is 2.36. The van der Waals surface area contributed by atoms with E-state index in [-0.39, 0.29) is 5.92 Å². The van der Waals surface area contributed by atoms with Crippen LogP contribution in [0.3, 0.4) is 0 Å². The highest BCUT2D eigenvalue weighted by molar-refractivity contribution is 5.25. The fourth-order valence-corrected chi connectivity index (χ4v) is 1.91. The largest absolute Gasteiger partial charge is 0.378 e. The molecule has 2 atom stereocenters. The van der Waals surface area contributed by atoms with Crippen LogP contribution in [0.5, 0.6) is 0 Å². The molecule has 0 fully saturated rings. The van der Waals surface area contributed by atoms with Crippen molar-refractivity contribution in [3.63, 3.8) is 0 Å². The number of benzene rings is 1. The van der Waals surface area contributed by atoms with E-state index < -0.39 is 5.60 Å². The van der Waals surface area contributed by atoms with Gasteiger partial charge in [-0.25, -0.2) is 0 Å². The van der Waals surface area contributed by atoms with E-state index in [0.717, 1.165) is 19.3 Å². The summed E-state index contributed by atoms with van der Waals surface area (Å²) in [5.74, 6) is 2.48. The summed E-state index contributed by atoms with van der Waals surface area (Å²) in [5.41, 5.74) is 6.98. The monoisotopic (exact) mass is 245 g/mol.